The number of methoxy groups -OCH3 is 2. The van der Waals surface area contributed by atoms with Crippen molar-refractivity contribution in [1.82, 2.24) is 5.32 Å². The van der Waals surface area contributed by atoms with Crippen molar-refractivity contribution in [3.05, 3.63) is 23.8 Å². The molecule has 0 heterocycles. The summed E-state index contributed by atoms with van der Waals surface area (Å²) in [5.41, 5.74) is 0.234. The molecular weight excluding hydrogens is 326 g/mol. The molecule has 1 aromatic rings. The molecule has 0 aliphatic rings. The maximum atomic E-state index is 11.6. The number of benzene rings is 1. The zero-order valence-corrected chi connectivity index (χ0v) is 15.4. The van der Waals surface area contributed by atoms with Crippen LogP contribution in [0.15, 0.2) is 18.2 Å². The van der Waals surface area contributed by atoms with Crippen LogP contribution in [0.5, 0.6) is 11.5 Å². The van der Waals surface area contributed by atoms with Gasteiger partial charge >= 0.3 is 12.1 Å². The van der Waals surface area contributed by atoms with Crippen molar-refractivity contribution in [3.63, 3.8) is 0 Å². The molecule has 0 aromatic heterocycles. The van der Waals surface area contributed by atoms with Gasteiger partial charge in [0.2, 0.25) is 0 Å². The fourth-order valence-corrected chi connectivity index (χ4v) is 2.27. The Bertz CT molecular complexity index is 594. The topological polar surface area (TPSA) is 94.1 Å². The fourth-order valence-electron chi connectivity index (χ4n) is 2.27. The SMILES string of the molecule is COc1ccc(C[C@H](CCNC(=O)OC(C)(C)C)C(=O)O)cc1OC. The highest BCUT2D eigenvalue weighted by Crippen LogP contribution is 2.28. The maximum Gasteiger partial charge on any atom is 0.407 e. The molecule has 0 bridgehead atoms. The van der Waals surface area contributed by atoms with Gasteiger partial charge in [-0.3, -0.25) is 4.79 Å². The Kier molecular flexibility index (Phi) is 7.54. The third-order valence-corrected chi connectivity index (χ3v) is 3.44. The van der Waals surface area contributed by atoms with E-state index in [1.807, 2.05) is 0 Å². The van der Waals surface area contributed by atoms with Crippen LogP contribution >= 0.6 is 0 Å². The molecule has 1 amide bonds. The predicted molar refractivity (Wildman–Crippen MR) is 93.2 cm³/mol. The first-order valence-electron chi connectivity index (χ1n) is 8.07. The van der Waals surface area contributed by atoms with E-state index in [0.717, 1.165) is 5.56 Å². The number of carbonyl (C=O) groups is 2. The number of hydrogen-bond donors (Lipinski definition) is 2. The molecule has 0 unspecified atom stereocenters. The van der Waals surface area contributed by atoms with Crippen molar-refractivity contribution in [2.75, 3.05) is 20.8 Å². The van der Waals surface area contributed by atoms with Gasteiger partial charge in [0, 0.05) is 6.54 Å². The number of carboxylic acids is 1. The Balaban J connectivity index is 2.63. The van der Waals surface area contributed by atoms with E-state index in [1.54, 1.807) is 46.1 Å². The van der Waals surface area contributed by atoms with E-state index in [1.165, 1.54) is 7.11 Å². The summed E-state index contributed by atoms with van der Waals surface area (Å²) in [4.78, 5) is 23.1. The van der Waals surface area contributed by atoms with Crippen LogP contribution in [0.2, 0.25) is 0 Å². The number of amides is 1. The van der Waals surface area contributed by atoms with Crippen LogP contribution in [-0.2, 0) is 16.0 Å². The lowest BCUT2D eigenvalue weighted by molar-refractivity contribution is -0.141. The molecule has 0 spiro atoms. The lowest BCUT2D eigenvalue weighted by Gasteiger charge is -2.20. The van der Waals surface area contributed by atoms with Crippen LogP contribution in [0.3, 0.4) is 0 Å². The zero-order chi connectivity index (χ0) is 19.0. The number of rotatable bonds is 8. The molecule has 0 aliphatic carbocycles. The molecule has 0 saturated heterocycles. The third-order valence-electron chi connectivity index (χ3n) is 3.44. The molecule has 7 nitrogen and oxygen atoms in total. The van der Waals surface area contributed by atoms with E-state index in [4.69, 9.17) is 14.2 Å². The van der Waals surface area contributed by atoms with Crippen LogP contribution in [-0.4, -0.2) is 43.5 Å². The Labute approximate surface area is 148 Å². The summed E-state index contributed by atoms with van der Waals surface area (Å²) >= 11 is 0. The number of carbonyl (C=O) groups excluding carboxylic acids is 1. The first kappa shape index (κ1) is 20.6. The van der Waals surface area contributed by atoms with E-state index in [2.05, 4.69) is 5.32 Å². The smallest absolute Gasteiger partial charge is 0.407 e. The fraction of sp³-hybridized carbons (Fsp3) is 0.556. The van der Waals surface area contributed by atoms with Gasteiger partial charge in [0.25, 0.3) is 0 Å². The summed E-state index contributed by atoms with van der Waals surface area (Å²) in [6.45, 7) is 5.52. The van der Waals surface area contributed by atoms with Crippen LogP contribution in [0.4, 0.5) is 4.79 Å². The van der Waals surface area contributed by atoms with E-state index < -0.39 is 23.6 Å². The third kappa shape index (κ3) is 7.32. The lowest BCUT2D eigenvalue weighted by Crippen LogP contribution is -2.34. The highest BCUT2D eigenvalue weighted by atomic mass is 16.6. The van der Waals surface area contributed by atoms with Crippen molar-refractivity contribution in [1.29, 1.82) is 0 Å². The van der Waals surface area contributed by atoms with Crippen LogP contribution in [0.1, 0.15) is 32.8 Å². The first-order chi connectivity index (χ1) is 11.7. The molecule has 25 heavy (non-hydrogen) atoms. The predicted octanol–water partition coefficient (Wildman–Crippen LogP) is 2.86. The Morgan fingerprint density at radius 3 is 2.32 bits per heavy atom. The lowest BCUT2D eigenvalue weighted by atomic mass is 9.96. The van der Waals surface area contributed by atoms with Crippen molar-refractivity contribution in [2.45, 2.75) is 39.2 Å². The summed E-state index contributed by atoms with van der Waals surface area (Å²) in [5.74, 6) is -0.408. The molecule has 1 aromatic carbocycles. The summed E-state index contributed by atoms with van der Waals surface area (Å²) in [7, 11) is 3.07. The van der Waals surface area contributed by atoms with Crippen LogP contribution in [0, 0.1) is 5.92 Å². The van der Waals surface area contributed by atoms with Gasteiger partial charge in [0.05, 0.1) is 20.1 Å². The minimum Gasteiger partial charge on any atom is -0.493 e. The van der Waals surface area contributed by atoms with Gasteiger partial charge in [-0.05, 0) is 51.3 Å². The maximum absolute atomic E-state index is 11.6. The van der Waals surface area contributed by atoms with Crippen molar-refractivity contribution >= 4 is 12.1 Å². The highest BCUT2D eigenvalue weighted by Gasteiger charge is 2.20. The van der Waals surface area contributed by atoms with E-state index in [9.17, 15) is 14.7 Å². The summed E-state index contributed by atoms with van der Waals surface area (Å²) in [6.07, 6.45) is 0.0666. The second kappa shape index (κ2) is 9.15. The Hall–Kier alpha value is -2.44. The molecule has 7 heteroatoms. The van der Waals surface area contributed by atoms with Crippen LogP contribution < -0.4 is 14.8 Å². The summed E-state index contributed by atoms with van der Waals surface area (Å²) < 4.78 is 15.5. The van der Waals surface area contributed by atoms with Crippen LogP contribution in [0.25, 0.3) is 0 Å². The summed E-state index contributed by atoms with van der Waals surface area (Å²) in [5, 5.41) is 12.0. The standard InChI is InChI=1S/C18H27NO6/c1-18(2,3)25-17(22)19-9-8-13(16(20)21)10-12-6-7-14(23-4)15(11-12)24-5/h6-7,11,13H,8-10H2,1-5H3,(H,19,22)(H,20,21)/t13-/m0/s1. The average Bonchev–Trinajstić information content (AvgIpc) is 2.51. The van der Waals surface area contributed by atoms with Gasteiger partial charge in [-0.15, -0.1) is 0 Å². The quantitative estimate of drug-likeness (QED) is 0.746. The van der Waals surface area contributed by atoms with Gasteiger partial charge in [-0.1, -0.05) is 6.07 Å². The number of nitrogens with one attached hydrogen (secondary N) is 1. The van der Waals surface area contributed by atoms with Gasteiger partial charge < -0.3 is 24.6 Å². The molecule has 1 rings (SSSR count). The van der Waals surface area contributed by atoms with Gasteiger partial charge in [0.1, 0.15) is 5.60 Å². The minimum atomic E-state index is -0.916. The normalized spacial score (nSPS) is 12.2. The monoisotopic (exact) mass is 353 g/mol. The number of ether oxygens (including phenoxy) is 3. The number of alkyl carbamates (subject to hydrolysis) is 1. The molecule has 0 saturated carbocycles. The van der Waals surface area contributed by atoms with E-state index in [-0.39, 0.29) is 6.54 Å². The number of hydrogen-bond acceptors (Lipinski definition) is 5. The Morgan fingerprint density at radius 1 is 1.16 bits per heavy atom. The van der Waals surface area contributed by atoms with Gasteiger partial charge in [-0.25, -0.2) is 4.79 Å². The molecule has 140 valence electrons. The highest BCUT2D eigenvalue weighted by molar-refractivity contribution is 5.71. The Morgan fingerprint density at radius 2 is 1.80 bits per heavy atom. The second-order valence-corrected chi connectivity index (χ2v) is 6.65. The largest absolute Gasteiger partial charge is 0.493 e. The molecule has 0 aliphatic heterocycles. The molecule has 0 fully saturated rings. The van der Waals surface area contributed by atoms with Gasteiger partial charge in [-0.2, -0.15) is 0 Å². The van der Waals surface area contributed by atoms with Crippen molar-refractivity contribution in [3.8, 4) is 11.5 Å². The van der Waals surface area contributed by atoms with Gasteiger partial charge in [0.15, 0.2) is 11.5 Å². The van der Waals surface area contributed by atoms with E-state index in [0.29, 0.717) is 24.3 Å². The van der Waals surface area contributed by atoms with E-state index >= 15 is 0 Å². The first-order valence-corrected chi connectivity index (χ1v) is 8.07. The van der Waals surface area contributed by atoms with Crippen molar-refractivity contribution < 1.29 is 28.9 Å². The molecule has 0 radical (unpaired) electrons. The average molecular weight is 353 g/mol. The van der Waals surface area contributed by atoms with Crippen molar-refractivity contribution in [2.24, 2.45) is 5.92 Å². The summed E-state index contributed by atoms with van der Waals surface area (Å²) in [6, 6.07) is 5.31. The molecule has 1 atom stereocenters. The molecular formula is C18H27NO6. The minimum absolute atomic E-state index is 0.221. The number of aliphatic carboxylic acids is 1. The number of carboxylic acid groups (broad SMARTS) is 1. The second-order valence-electron chi connectivity index (χ2n) is 6.65. The zero-order valence-electron chi connectivity index (χ0n) is 15.4. The molecule has 2 N–H and O–H groups in total.